The Morgan fingerprint density at radius 1 is 1.04 bits per heavy atom. The minimum atomic E-state index is -0.653. The van der Waals surface area contributed by atoms with Gasteiger partial charge in [0.25, 0.3) is 11.6 Å². The number of amidine groups is 1. The molecule has 0 aliphatic carbocycles. The van der Waals surface area contributed by atoms with Gasteiger partial charge < -0.3 is 30.8 Å². The number of nitrogens with two attached hydrogens (primary N) is 1. The summed E-state index contributed by atoms with van der Waals surface area (Å²) in [6, 6.07) is 15.2. The van der Waals surface area contributed by atoms with Crippen LogP contribution in [0.25, 0.3) is 25.3 Å². The number of thiazole rings is 2. The number of benzene rings is 2. The summed E-state index contributed by atoms with van der Waals surface area (Å²) in [5.41, 5.74) is 8.31. The van der Waals surface area contributed by atoms with E-state index in [1.165, 1.54) is 40.9 Å². The van der Waals surface area contributed by atoms with Gasteiger partial charge in [-0.1, -0.05) is 46.5 Å². The van der Waals surface area contributed by atoms with Crippen molar-refractivity contribution in [2.24, 2.45) is 10.3 Å². The number of hydrogen-bond acceptors (Lipinski definition) is 16. The maximum absolute atomic E-state index is 11.6. The molecule has 2 aromatic heterocycles. The summed E-state index contributed by atoms with van der Waals surface area (Å²) in [7, 11) is 0. The van der Waals surface area contributed by atoms with Crippen LogP contribution >= 0.6 is 45.9 Å². The quantitative estimate of drug-likeness (QED) is 0.0393. The number of carbonyl (C=O) groups excluding carboxylic acids is 2. The number of hydrogen-bond donors (Lipinski definition) is 4. The van der Waals surface area contributed by atoms with E-state index in [4.69, 9.17) is 61.5 Å². The average molecular weight is 726 g/mol. The molecular weight excluding hydrogens is 706 g/mol. The number of rotatable bonds is 7. The smallest absolute Gasteiger partial charge is 0.691 e. The number of nitrogens with one attached hydrogen (secondary N) is 1. The fourth-order valence-electron chi connectivity index (χ4n) is 2.65. The van der Waals surface area contributed by atoms with Gasteiger partial charge >= 0.3 is 35.4 Å². The van der Waals surface area contributed by atoms with E-state index >= 15 is 0 Å². The van der Waals surface area contributed by atoms with Gasteiger partial charge in [0.2, 0.25) is 5.24 Å². The van der Waals surface area contributed by atoms with Crippen LogP contribution in [0.3, 0.4) is 0 Å². The van der Waals surface area contributed by atoms with Crippen molar-refractivity contribution in [3.8, 4) is 18.2 Å². The number of fused-ring (bicyclic) bond motifs is 2. The molecule has 236 valence electrons. The molecule has 0 aliphatic rings. The number of nitrogens with zero attached hydrogens (tertiary/aromatic N) is 8. The summed E-state index contributed by atoms with van der Waals surface area (Å²) < 4.78 is 1.86. The number of nitriles is 3. The SMILES string of the molecule is N#CC(C#N)=NOCC(=O)Nc1nc2ccc(CO)cc2s1.Nc1nc2ccc(CO)cc2s1.O=C(Cl)CCl.[C-]#[N+]/C(C#N)=N/[O-].[Na+]. The third-order valence-corrected chi connectivity index (χ3v) is 6.79. The maximum Gasteiger partial charge on any atom is 1.00 e. The first-order valence-electron chi connectivity index (χ1n) is 11.9. The number of halogens is 2. The number of amides is 1. The summed E-state index contributed by atoms with van der Waals surface area (Å²) >= 11 is 12.2. The Labute approximate surface area is 306 Å². The van der Waals surface area contributed by atoms with Crippen LogP contribution in [0.5, 0.6) is 0 Å². The second-order valence-electron chi connectivity index (χ2n) is 7.60. The number of aromatic nitrogens is 2. The Morgan fingerprint density at radius 2 is 1.57 bits per heavy atom. The van der Waals surface area contributed by atoms with E-state index in [0.29, 0.717) is 15.8 Å². The van der Waals surface area contributed by atoms with Crippen molar-refractivity contribution in [2.45, 2.75) is 13.2 Å². The molecule has 0 unspecified atom stereocenters. The van der Waals surface area contributed by atoms with Gasteiger partial charge in [0.15, 0.2) is 16.9 Å². The zero-order valence-corrected chi connectivity index (χ0v) is 29.2. The minimum Gasteiger partial charge on any atom is -0.691 e. The second-order valence-corrected chi connectivity index (χ2v) is 10.4. The zero-order valence-electron chi connectivity index (χ0n) is 24.0. The molecule has 0 aliphatic heterocycles. The number of aliphatic hydroxyl groups excluding tert-OH is 2. The van der Waals surface area contributed by atoms with E-state index in [9.17, 15) is 14.8 Å². The van der Waals surface area contributed by atoms with E-state index < -0.39 is 29.3 Å². The molecule has 4 rings (SSSR count). The van der Waals surface area contributed by atoms with E-state index in [1.807, 2.05) is 18.2 Å². The fraction of sp³-hybridized carbons (Fsp3) is 0.154. The van der Waals surface area contributed by atoms with Gasteiger partial charge in [0.05, 0.1) is 39.5 Å². The van der Waals surface area contributed by atoms with Crippen LogP contribution in [0.2, 0.25) is 0 Å². The van der Waals surface area contributed by atoms with Gasteiger partial charge in [-0.2, -0.15) is 10.5 Å². The van der Waals surface area contributed by atoms with E-state index in [2.05, 4.69) is 35.3 Å². The Balaban J connectivity index is 0.000000707. The minimum absolute atomic E-state index is 0. The van der Waals surface area contributed by atoms with Crippen LogP contribution in [0, 0.1) is 45.8 Å². The van der Waals surface area contributed by atoms with Crippen LogP contribution in [0.1, 0.15) is 11.1 Å². The fourth-order valence-corrected chi connectivity index (χ4v) is 4.39. The predicted octanol–water partition coefficient (Wildman–Crippen LogP) is 0.838. The van der Waals surface area contributed by atoms with Gasteiger partial charge in [0.1, 0.15) is 18.2 Å². The molecule has 0 atom stereocenters. The van der Waals surface area contributed by atoms with Gasteiger partial charge in [-0.3, -0.25) is 14.9 Å². The predicted molar refractivity (Wildman–Crippen MR) is 173 cm³/mol. The molecule has 0 saturated heterocycles. The molecule has 2 aromatic carbocycles. The molecule has 2 heterocycles. The van der Waals surface area contributed by atoms with E-state index in [-0.39, 0.29) is 48.7 Å². The number of carbonyl (C=O) groups is 2. The molecule has 47 heavy (non-hydrogen) atoms. The standard InChI is InChI=1S/C13H9N5O3S.C8H8N2OS.C3HN3O.C2H2Cl2O.Na/c14-4-9(5-15)18-21-7-12(20)17-13-16-10-2-1-8(6-19)3-11(10)22-13;9-8-10-6-2-1-5(4-11)3-7(6)12-8;1-5-3(2-4)6-7;3-1-2(4)5;/h1-3,19H,6-7H2,(H,16,17,20);1-3,11H,4H2,(H2,9,10);7H;1H2;/q;;;;+1/p-1/b;;6-3+;;. The number of aliphatic hydroxyl groups is 2. The van der Waals surface area contributed by atoms with Gasteiger partial charge in [0, 0.05) is 0 Å². The van der Waals surface area contributed by atoms with E-state index in [1.54, 1.807) is 18.2 Å². The van der Waals surface area contributed by atoms with Gasteiger partial charge in [-0.15, -0.1) is 16.8 Å². The number of oxime groups is 1. The first-order chi connectivity index (χ1) is 22.1. The number of anilines is 2. The van der Waals surface area contributed by atoms with E-state index in [0.717, 1.165) is 26.0 Å². The third kappa shape index (κ3) is 16.1. The van der Waals surface area contributed by atoms with Crippen LogP contribution in [0.15, 0.2) is 46.7 Å². The summed E-state index contributed by atoms with van der Waals surface area (Å²) in [5, 5.41) is 60.0. The zero-order chi connectivity index (χ0) is 34.5. The van der Waals surface area contributed by atoms with Crippen molar-refractivity contribution in [3.05, 3.63) is 64.1 Å². The normalized spacial score (nSPS) is 9.40. The first-order valence-corrected chi connectivity index (χ1v) is 14.4. The topological polar surface area (TPSA) is 271 Å². The third-order valence-electron chi connectivity index (χ3n) is 4.49. The van der Waals surface area contributed by atoms with Crippen LogP contribution in [-0.2, 0) is 27.6 Å². The Morgan fingerprint density at radius 3 is 2.00 bits per heavy atom. The molecule has 0 saturated carbocycles. The molecule has 0 fully saturated rings. The molecule has 0 radical (unpaired) electrons. The van der Waals surface area contributed by atoms with Crippen molar-refractivity contribution in [2.75, 3.05) is 23.5 Å². The molecule has 4 aromatic rings. The molecule has 21 heteroatoms. The van der Waals surface area contributed by atoms with Crippen molar-refractivity contribution in [3.63, 3.8) is 0 Å². The average Bonchev–Trinajstić information content (AvgIpc) is 3.65. The summed E-state index contributed by atoms with van der Waals surface area (Å²) in [5.74, 6) is -1.26. The summed E-state index contributed by atoms with van der Waals surface area (Å²) in [6.45, 7) is 5.59. The summed E-state index contributed by atoms with van der Waals surface area (Å²) in [6.07, 6.45) is 0. The summed E-state index contributed by atoms with van der Waals surface area (Å²) in [4.78, 5) is 36.4. The van der Waals surface area contributed by atoms with Crippen LogP contribution < -0.4 is 40.6 Å². The maximum atomic E-state index is 11.6. The number of alkyl halides is 1. The molecule has 1 amide bonds. The van der Waals surface area contributed by atoms with Crippen molar-refractivity contribution >= 4 is 99.3 Å². The second kappa shape index (κ2) is 23.8. The molecule has 0 spiro atoms. The van der Waals surface area contributed by atoms with Crippen LogP contribution in [-0.4, -0.2) is 55.4 Å². The monoisotopic (exact) mass is 724 g/mol. The molecule has 5 N–H and O–H groups in total. The molecular formula is C26H19Cl2N10NaO6S2. The van der Waals surface area contributed by atoms with Gasteiger partial charge in [-0.25, -0.2) is 15.2 Å². The molecule has 0 bridgehead atoms. The van der Waals surface area contributed by atoms with Crippen molar-refractivity contribution < 1.29 is 54.2 Å². The van der Waals surface area contributed by atoms with Crippen LogP contribution in [0.4, 0.5) is 10.3 Å². The van der Waals surface area contributed by atoms with Crippen molar-refractivity contribution in [1.82, 2.24) is 9.97 Å². The van der Waals surface area contributed by atoms with Crippen molar-refractivity contribution in [1.29, 1.82) is 15.8 Å². The number of nitrogen functional groups attached to an aromatic ring is 1. The molecule has 16 nitrogen and oxygen atoms in total. The Bertz CT molecular complexity index is 1860. The Kier molecular flexibility index (Phi) is 21.6. The Hall–Kier alpha value is -4.44. The van der Waals surface area contributed by atoms with Gasteiger partial charge in [-0.05, 0) is 47.0 Å². The largest absolute Gasteiger partial charge is 1.00 e. The first kappa shape index (κ1) is 42.6.